The van der Waals surface area contributed by atoms with E-state index in [-0.39, 0.29) is 5.91 Å². The van der Waals surface area contributed by atoms with Crippen LogP contribution < -0.4 is 10.9 Å². The number of amides is 1. The van der Waals surface area contributed by atoms with Crippen LogP contribution in [0.2, 0.25) is 0 Å². The Morgan fingerprint density at radius 3 is 2.15 bits per heavy atom. The molecule has 0 aromatic heterocycles. The lowest BCUT2D eigenvalue weighted by Gasteiger charge is -2.19. The third-order valence-electron chi connectivity index (χ3n) is 1.67. The standard InChI is InChI=1S/C9H13N3O/c1-10-12(11-2)9(13)8-6-4-3-5-7-8/h3-7,10-11H,1-2H3. The molecule has 1 aromatic carbocycles. The van der Waals surface area contributed by atoms with Crippen LogP contribution in [0.25, 0.3) is 0 Å². The topological polar surface area (TPSA) is 44.4 Å². The van der Waals surface area contributed by atoms with E-state index in [1.54, 1.807) is 26.2 Å². The van der Waals surface area contributed by atoms with E-state index in [0.717, 1.165) is 0 Å². The maximum atomic E-state index is 11.6. The molecule has 70 valence electrons. The number of nitrogens with one attached hydrogen (secondary N) is 2. The van der Waals surface area contributed by atoms with Crippen molar-refractivity contribution in [3.8, 4) is 0 Å². The third-order valence-corrected chi connectivity index (χ3v) is 1.67. The molecule has 0 aliphatic carbocycles. The van der Waals surface area contributed by atoms with Gasteiger partial charge in [-0.05, 0) is 12.1 Å². The molecule has 4 heteroatoms. The minimum absolute atomic E-state index is 0.106. The van der Waals surface area contributed by atoms with Crippen molar-refractivity contribution in [1.29, 1.82) is 0 Å². The Bertz CT molecular complexity index is 269. The van der Waals surface area contributed by atoms with Crippen LogP contribution in [0.5, 0.6) is 0 Å². The predicted molar refractivity (Wildman–Crippen MR) is 50.7 cm³/mol. The molecule has 0 fully saturated rings. The molecule has 0 heterocycles. The van der Waals surface area contributed by atoms with Crippen molar-refractivity contribution >= 4 is 5.91 Å². The minimum Gasteiger partial charge on any atom is -0.266 e. The molecule has 0 bridgehead atoms. The Balaban J connectivity index is 2.78. The fourth-order valence-electron chi connectivity index (χ4n) is 1.02. The summed E-state index contributed by atoms with van der Waals surface area (Å²) in [5.41, 5.74) is 6.09. The number of hydrogen-bond donors (Lipinski definition) is 2. The fourth-order valence-corrected chi connectivity index (χ4v) is 1.02. The second-order valence-electron chi connectivity index (χ2n) is 2.45. The molecule has 2 N–H and O–H groups in total. The molecule has 0 saturated heterocycles. The number of carbonyl (C=O) groups is 1. The van der Waals surface area contributed by atoms with Crippen molar-refractivity contribution in [2.45, 2.75) is 0 Å². The van der Waals surface area contributed by atoms with E-state index in [1.165, 1.54) is 5.12 Å². The van der Waals surface area contributed by atoms with Gasteiger partial charge in [0.15, 0.2) is 0 Å². The zero-order valence-electron chi connectivity index (χ0n) is 7.74. The van der Waals surface area contributed by atoms with Crippen LogP contribution in [0.15, 0.2) is 30.3 Å². The summed E-state index contributed by atoms with van der Waals surface area (Å²) in [6.45, 7) is 0. The van der Waals surface area contributed by atoms with E-state index < -0.39 is 0 Å². The Morgan fingerprint density at radius 2 is 1.69 bits per heavy atom. The van der Waals surface area contributed by atoms with Crippen molar-refractivity contribution in [2.24, 2.45) is 0 Å². The molecular formula is C9H13N3O. The normalized spacial score (nSPS) is 9.69. The van der Waals surface area contributed by atoms with E-state index in [2.05, 4.69) is 10.9 Å². The number of carbonyl (C=O) groups excluding carboxylic acids is 1. The Kier molecular flexibility index (Phi) is 3.42. The SMILES string of the molecule is CNN(NC)C(=O)c1ccccc1. The van der Waals surface area contributed by atoms with Gasteiger partial charge < -0.3 is 0 Å². The first-order chi connectivity index (χ1) is 6.29. The molecular weight excluding hydrogens is 166 g/mol. The second-order valence-corrected chi connectivity index (χ2v) is 2.45. The summed E-state index contributed by atoms with van der Waals surface area (Å²) >= 11 is 0. The summed E-state index contributed by atoms with van der Waals surface area (Å²) in [7, 11) is 3.36. The van der Waals surface area contributed by atoms with Gasteiger partial charge in [-0.2, -0.15) is 0 Å². The number of benzene rings is 1. The first kappa shape index (κ1) is 9.70. The van der Waals surface area contributed by atoms with E-state index in [9.17, 15) is 4.79 Å². The van der Waals surface area contributed by atoms with Crippen LogP contribution in [0.1, 0.15) is 10.4 Å². The quantitative estimate of drug-likeness (QED) is 0.660. The van der Waals surface area contributed by atoms with Crippen LogP contribution in [0.3, 0.4) is 0 Å². The van der Waals surface area contributed by atoms with Crippen LogP contribution in [0, 0.1) is 0 Å². The minimum atomic E-state index is -0.106. The first-order valence-electron chi connectivity index (χ1n) is 4.04. The summed E-state index contributed by atoms with van der Waals surface area (Å²) in [4.78, 5) is 11.6. The van der Waals surface area contributed by atoms with Gasteiger partial charge in [0.2, 0.25) is 0 Å². The third kappa shape index (κ3) is 2.27. The highest BCUT2D eigenvalue weighted by molar-refractivity contribution is 5.93. The van der Waals surface area contributed by atoms with Crippen molar-refractivity contribution in [3.05, 3.63) is 35.9 Å². The molecule has 1 aromatic rings. The molecule has 0 aliphatic rings. The van der Waals surface area contributed by atoms with Crippen LogP contribution in [-0.4, -0.2) is 25.1 Å². The zero-order valence-corrected chi connectivity index (χ0v) is 7.74. The van der Waals surface area contributed by atoms with E-state index in [0.29, 0.717) is 5.56 Å². The maximum Gasteiger partial charge on any atom is 0.282 e. The van der Waals surface area contributed by atoms with Gasteiger partial charge in [0, 0.05) is 19.7 Å². The predicted octanol–water partition coefficient (Wildman–Crippen LogP) is 0.398. The Morgan fingerprint density at radius 1 is 1.15 bits per heavy atom. The molecule has 1 rings (SSSR count). The maximum absolute atomic E-state index is 11.6. The average molecular weight is 179 g/mol. The van der Waals surface area contributed by atoms with Crippen LogP contribution >= 0.6 is 0 Å². The molecule has 0 atom stereocenters. The van der Waals surface area contributed by atoms with E-state index in [1.807, 2.05) is 18.2 Å². The Labute approximate surface area is 77.5 Å². The summed E-state index contributed by atoms with van der Waals surface area (Å²) in [6.07, 6.45) is 0. The molecule has 0 radical (unpaired) electrons. The fraction of sp³-hybridized carbons (Fsp3) is 0.222. The molecule has 4 nitrogen and oxygen atoms in total. The van der Waals surface area contributed by atoms with Crippen molar-refractivity contribution in [1.82, 2.24) is 16.0 Å². The smallest absolute Gasteiger partial charge is 0.266 e. The molecule has 13 heavy (non-hydrogen) atoms. The first-order valence-corrected chi connectivity index (χ1v) is 4.04. The molecule has 0 aliphatic heterocycles. The van der Waals surface area contributed by atoms with Gasteiger partial charge in [-0.15, -0.1) is 0 Å². The average Bonchev–Trinajstić information content (AvgIpc) is 2.21. The van der Waals surface area contributed by atoms with Crippen molar-refractivity contribution in [3.63, 3.8) is 0 Å². The highest BCUT2D eigenvalue weighted by Gasteiger charge is 2.10. The lowest BCUT2D eigenvalue weighted by molar-refractivity contribution is 0.0577. The summed E-state index contributed by atoms with van der Waals surface area (Å²) in [5, 5.41) is 1.31. The molecule has 0 unspecified atom stereocenters. The lowest BCUT2D eigenvalue weighted by atomic mass is 10.2. The second kappa shape index (κ2) is 4.59. The van der Waals surface area contributed by atoms with Gasteiger partial charge in [0.05, 0.1) is 0 Å². The van der Waals surface area contributed by atoms with E-state index in [4.69, 9.17) is 0 Å². The molecule has 1 amide bonds. The lowest BCUT2D eigenvalue weighted by Crippen LogP contribution is -2.48. The van der Waals surface area contributed by atoms with Crippen molar-refractivity contribution < 1.29 is 4.79 Å². The highest BCUT2D eigenvalue weighted by Crippen LogP contribution is 2.00. The van der Waals surface area contributed by atoms with Crippen molar-refractivity contribution in [2.75, 3.05) is 14.1 Å². The number of hydrogen-bond acceptors (Lipinski definition) is 3. The van der Waals surface area contributed by atoms with Gasteiger partial charge >= 0.3 is 0 Å². The number of nitrogens with zero attached hydrogens (tertiary/aromatic N) is 1. The van der Waals surface area contributed by atoms with Gasteiger partial charge in [-0.1, -0.05) is 18.2 Å². The highest BCUT2D eigenvalue weighted by atomic mass is 16.2. The summed E-state index contributed by atoms with van der Waals surface area (Å²) in [6, 6.07) is 9.07. The van der Waals surface area contributed by atoms with Gasteiger partial charge in [0.1, 0.15) is 0 Å². The van der Waals surface area contributed by atoms with Crippen LogP contribution in [0.4, 0.5) is 0 Å². The monoisotopic (exact) mass is 179 g/mol. The van der Waals surface area contributed by atoms with Gasteiger partial charge in [-0.25, -0.2) is 16.0 Å². The Hall–Kier alpha value is -1.39. The molecule has 0 saturated carbocycles. The van der Waals surface area contributed by atoms with Gasteiger partial charge in [-0.3, -0.25) is 4.79 Å². The largest absolute Gasteiger partial charge is 0.282 e. The van der Waals surface area contributed by atoms with Gasteiger partial charge in [0.25, 0.3) is 5.91 Å². The summed E-state index contributed by atoms with van der Waals surface area (Å²) < 4.78 is 0. The molecule has 0 spiro atoms. The van der Waals surface area contributed by atoms with E-state index >= 15 is 0 Å². The number of rotatable bonds is 3. The number of hydrazine groups is 2. The zero-order chi connectivity index (χ0) is 9.68. The van der Waals surface area contributed by atoms with Crippen LogP contribution in [-0.2, 0) is 0 Å². The summed E-state index contributed by atoms with van der Waals surface area (Å²) in [5.74, 6) is -0.106.